The maximum atomic E-state index is 5.89. The number of ether oxygens (including phenoxy) is 1. The van der Waals surface area contributed by atoms with Gasteiger partial charge in [-0.3, -0.25) is 0 Å². The van der Waals surface area contributed by atoms with Crippen molar-refractivity contribution in [1.82, 2.24) is 5.32 Å². The molecule has 2 nitrogen and oxygen atoms in total. The predicted molar refractivity (Wildman–Crippen MR) is 60.9 cm³/mol. The third kappa shape index (κ3) is 3.21. The molecule has 0 amide bonds. The van der Waals surface area contributed by atoms with E-state index in [-0.39, 0.29) is 0 Å². The Kier molecular flexibility index (Phi) is 4.82. The molecule has 0 atom stereocenters. The Hall–Kier alpha value is -0.150. The van der Waals surface area contributed by atoms with Gasteiger partial charge in [0.05, 0.1) is 15.1 Å². The molecular formula is C9H10Cl3NO. The Bertz CT molecular complexity index is 317. The smallest absolute Gasteiger partial charge is 0.139 e. The second kappa shape index (κ2) is 5.66. The highest BCUT2D eigenvalue weighted by Crippen LogP contribution is 2.33. The van der Waals surface area contributed by atoms with Gasteiger partial charge < -0.3 is 10.1 Å². The van der Waals surface area contributed by atoms with Gasteiger partial charge in [-0.2, -0.15) is 0 Å². The van der Waals surface area contributed by atoms with E-state index in [9.17, 15) is 0 Å². The van der Waals surface area contributed by atoms with Gasteiger partial charge in [-0.15, -0.1) is 0 Å². The van der Waals surface area contributed by atoms with Crippen LogP contribution in [0.4, 0.5) is 0 Å². The molecule has 0 unspecified atom stereocenters. The Labute approximate surface area is 98.1 Å². The summed E-state index contributed by atoms with van der Waals surface area (Å²) in [5.74, 6) is 0.552. The molecule has 78 valence electrons. The van der Waals surface area contributed by atoms with Gasteiger partial charge in [0.25, 0.3) is 0 Å². The van der Waals surface area contributed by atoms with E-state index >= 15 is 0 Å². The quantitative estimate of drug-likeness (QED) is 0.658. The van der Waals surface area contributed by atoms with Gasteiger partial charge >= 0.3 is 0 Å². The number of hydrogen-bond acceptors (Lipinski definition) is 2. The first-order valence-corrected chi connectivity index (χ1v) is 5.20. The van der Waals surface area contributed by atoms with E-state index in [1.807, 2.05) is 7.05 Å². The molecule has 0 saturated heterocycles. The molecule has 0 aliphatic heterocycles. The Balaban J connectivity index is 2.72. The summed E-state index contributed by atoms with van der Waals surface area (Å²) in [6, 6.07) is 3.18. The number of rotatable bonds is 4. The molecule has 0 radical (unpaired) electrons. The normalized spacial score (nSPS) is 10.3. The minimum Gasteiger partial charge on any atom is -0.491 e. The van der Waals surface area contributed by atoms with E-state index in [1.54, 1.807) is 12.1 Å². The molecule has 0 bridgehead atoms. The van der Waals surface area contributed by atoms with Crippen LogP contribution in [0, 0.1) is 0 Å². The van der Waals surface area contributed by atoms with Crippen molar-refractivity contribution in [1.29, 1.82) is 0 Å². The molecule has 1 rings (SSSR count). The van der Waals surface area contributed by atoms with Crippen LogP contribution in [-0.4, -0.2) is 20.2 Å². The van der Waals surface area contributed by atoms with E-state index in [2.05, 4.69) is 5.32 Å². The van der Waals surface area contributed by atoms with Crippen molar-refractivity contribution in [3.05, 3.63) is 27.2 Å². The molecule has 14 heavy (non-hydrogen) atoms. The van der Waals surface area contributed by atoms with Gasteiger partial charge in [-0.1, -0.05) is 34.8 Å². The molecule has 0 saturated carbocycles. The summed E-state index contributed by atoms with van der Waals surface area (Å²) in [6.45, 7) is 1.28. The van der Waals surface area contributed by atoms with Gasteiger partial charge in [-0.25, -0.2) is 0 Å². The van der Waals surface area contributed by atoms with E-state index in [0.717, 1.165) is 6.54 Å². The minimum atomic E-state index is 0.428. The molecule has 1 aromatic carbocycles. The monoisotopic (exact) mass is 253 g/mol. The largest absolute Gasteiger partial charge is 0.491 e. The lowest BCUT2D eigenvalue weighted by Crippen LogP contribution is -2.16. The lowest BCUT2D eigenvalue weighted by molar-refractivity contribution is 0.318. The van der Waals surface area contributed by atoms with Crippen molar-refractivity contribution in [2.45, 2.75) is 0 Å². The first-order chi connectivity index (χ1) is 6.65. The van der Waals surface area contributed by atoms with Crippen LogP contribution in [0.1, 0.15) is 0 Å². The van der Waals surface area contributed by atoms with Gasteiger partial charge in [0.15, 0.2) is 0 Å². The zero-order chi connectivity index (χ0) is 10.6. The second-order valence-electron chi connectivity index (χ2n) is 2.65. The predicted octanol–water partition coefficient (Wildman–Crippen LogP) is 3.25. The van der Waals surface area contributed by atoms with Gasteiger partial charge in [0.1, 0.15) is 12.4 Å². The lowest BCUT2D eigenvalue weighted by atomic mass is 10.3. The molecule has 0 aliphatic rings. The van der Waals surface area contributed by atoms with E-state index in [4.69, 9.17) is 39.5 Å². The van der Waals surface area contributed by atoms with Crippen molar-refractivity contribution in [3.8, 4) is 5.75 Å². The average molecular weight is 255 g/mol. The van der Waals surface area contributed by atoms with Crippen molar-refractivity contribution < 1.29 is 4.74 Å². The Morgan fingerprint density at radius 1 is 1.14 bits per heavy atom. The summed E-state index contributed by atoms with van der Waals surface area (Å²) in [5, 5.41) is 4.29. The fourth-order valence-corrected chi connectivity index (χ4v) is 1.47. The number of nitrogens with one attached hydrogen (secondary N) is 1. The standard InChI is InChI=1S/C9H10Cl3NO/c1-13-2-3-14-9-5-7(11)6(10)4-8(9)12/h4-5,13H,2-3H2,1H3. The van der Waals surface area contributed by atoms with Crippen LogP contribution in [0.5, 0.6) is 5.75 Å². The molecule has 1 N–H and O–H groups in total. The molecular weight excluding hydrogens is 244 g/mol. The fraction of sp³-hybridized carbons (Fsp3) is 0.333. The maximum Gasteiger partial charge on any atom is 0.139 e. The van der Waals surface area contributed by atoms with Crippen LogP contribution in [0.3, 0.4) is 0 Å². The third-order valence-corrected chi connectivity index (χ3v) is 2.60. The van der Waals surface area contributed by atoms with Crippen molar-refractivity contribution in [3.63, 3.8) is 0 Å². The Morgan fingerprint density at radius 3 is 2.43 bits per heavy atom. The highest BCUT2D eigenvalue weighted by atomic mass is 35.5. The zero-order valence-electron chi connectivity index (χ0n) is 7.61. The summed E-state index contributed by atoms with van der Waals surface area (Å²) < 4.78 is 5.38. The van der Waals surface area contributed by atoms with Crippen molar-refractivity contribution in [2.24, 2.45) is 0 Å². The second-order valence-corrected chi connectivity index (χ2v) is 3.87. The summed E-state index contributed by atoms with van der Waals surface area (Å²) in [6.07, 6.45) is 0. The van der Waals surface area contributed by atoms with Gasteiger partial charge in [-0.05, 0) is 13.1 Å². The first kappa shape index (κ1) is 11.9. The summed E-state index contributed by atoms with van der Waals surface area (Å²) >= 11 is 17.5. The van der Waals surface area contributed by atoms with E-state index < -0.39 is 0 Å². The zero-order valence-corrected chi connectivity index (χ0v) is 9.88. The van der Waals surface area contributed by atoms with Crippen LogP contribution in [0.25, 0.3) is 0 Å². The molecule has 0 aromatic heterocycles. The molecule has 5 heteroatoms. The van der Waals surface area contributed by atoms with Gasteiger partial charge in [0, 0.05) is 12.6 Å². The number of benzene rings is 1. The first-order valence-electron chi connectivity index (χ1n) is 4.07. The van der Waals surface area contributed by atoms with Crippen LogP contribution in [0.2, 0.25) is 15.1 Å². The number of hydrogen-bond donors (Lipinski definition) is 1. The van der Waals surface area contributed by atoms with E-state index in [1.165, 1.54) is 0 Å². The molecule has 0 heterocycles. The lowest BCUT2D eigenvalue weighted by Gasteiger charge is -2.08. The van der Waals surface area contributed by atoms with E-state index in [0.29, 0.717) is 27.4 Å². The SMILES string of the molecule is CNCCOc1cc(Cl)c(Cl)cc1Cl. The molecule has 0 spiro atoms. The van der Waals surface area contributed by atoms with Crippen LogP contribution < -0.4 is 10.1 Å². The Morgan fingerprint density at radius 2 is 1.79 bits per heavy atom. The molecule has 1 aromatic rings. The fourth-order valence-electron chi connectivity index (χ4n) is 0.878. The van der Waals surface area contributed by atoms with Crippen molar-refractivity contribution >= 4 is 34.8 Å². The van der Waals surface area contributed by atoms with Crippen molar-refractivity contribution in [2.75, 3.05) is 20.2 Å². The summed E-state index contributed by atoms with van der Waals surface area (Å²) in [4.78, 5) is 0. The molecule has 0 fully saturated rings. The highest BCUT2D eigenvalue weighted by Gasteiger charge is 2.06. The van der Waals surface area contributed by atoms with Gasteiger partial charge in [0.2, 0.25) is 0 Å². The average Bonchev–Trinajstić information content (AvgIpc) is 2.14. The number of halogens is 3. The number of likely N-dealkylation sites (N-methyl/N-ethyl adjacent to an activating group) is 1. The maximum absolute atomic E-state index is 5.89. The van der Waals surface area contributed by atoms with Crippen LogP contribution >= 0.6 is 34.8 Å². The molecule has 0 aliphatic carbocycles. The highest BCUT2D eigenvalue weighted by molar-refractivity contribution is 6.43. The summed E-state index contributed by atoms with van der Waals surface area (Å²) in [5.41, 5.74) is 0. The van der Waals surface area contributed by atoms with Crippen LogP contribution in [-0.2, 0) is 0 Å². The third-order valence-electron chi connectivity index (χ3n) is 1.58. The summed E-state index contributed by atoms with van der Waals surface area (Å²) in [7, 11) is 1.85. The minimum absolute atomic E-state index is 0.428. The van der Waals surface area contributed by atoms with Crippen LogP contribution in [0.15, 0.2) is 12.1 Å². The topological polar surface area (TPSA) is 21.3 Å².